The highest BCUT2D eigenvalue weighted by Gasteiger charge is 2.18. The molecular formula is C22H25ClN4O3. The molecule has 0 saturated heterocycles. The summed E-state index contributed by atoms with van der Waals surface area (Å²) in [5.74, 6) is -0.0829. The average molecular weight is 429 g/mol. The Morgan fingerprint density at radius 3 is 2.47 bits per heavy atom. The molecule has 8 heteroatoms. The number of nitrogens with one attached hydrogen (secondary N) is 2. The van der Waals surface area contributed by atoms with E-state index in [-0.39, 0.29) is 41.9 Å². The van der Waals surface area contributed by atoms with E-state index < -0.39 is 6.04 Å². The van der Waals surface area contributed by atoms with Gasteiger partial charge in [0.1, 0.15) is 11.4 Å². The first-order valence-electron chi connectivity index (χ1n) is 9.43. The van der Waals surface area contributed by atoms with Crippen LogP contribution in [0, 0.1) is 6.92 Å². The smallest absolute Gasteiger partial charge is 0.278 e. The third kappa shape index (κ3) is 6.17. The van der Waals surface area contributed by atoms with Crippen LogP contribution in [-0.2, 0) is 24.2 Å². The molecular weight excluding hydrogens is 404 g/mol. The van der Waals surface area contributed by atoms with E-state index in [0.717, 1.165) is 22.5 Å². The molecule has 2 aromatic carbocycles. The van der Waals surface area contributed by atoms with Gasteiger partial charge in [0, 0.05) is 18.5 Å². The van der Waals surface area contributed by atoms with Crippen LogP contribution in [-0.4, -0.2) is 27.0 Å². The van der Waals surface area contributed by atoms with E-state index in [4.69, 9.17) is 0 Å². The molecule has 1 amide bonds. The second-order valence-corrected chi connectivity index (χ2v) is 7.02. The first-order chi connectivity index (χ1) is 13.9. The summed E-state index contributed by atoms with van der Waals surface area (Å²) in [6.45, 7) is 1.89. The summed E-state index contributed by atoms with van der Waals surface area (Å²) in [5.41, 5.74) is 7.33. The van der Waals surface area contributed by atoms with Crippen molar-refractivity contribution in [1.29, 1.82) is 0 Å². The van der Waals surface area contributed by atoms with Crippen LogP contribution in [0.15, 0.2) is 59.4 Å². The predicted molar refractivity (Wildman–Crippen MR) is 109 cm³/mol. The maximum atomic E-state index is 12.4. The number of aromatic amines is 1. The van der Waals surface area contributed by atoms with Crippen molar-refractivity contribution in [3.63, 3.8) is 0 Å². The fourth-order valence-electron chi connectivity index (χ4n) is 3.04. The second kappa shape index (κ2) is 10.6. The molecule has 1 heterocycles. The highest BCUT2D eigenvalue weighted by Crippen LogP contribution is 2.11. The van der Waals surface area contributed by atoms with Crippen molar-refractivity contribution in [1.82, 2.24) is 15.3 Å². The number of hydrogen-bond acceptors (Lipinski definition) is 4. The Morgan fingerprint density at radius 2 is 1.80 bits per heavy atom. The summed E-state index contributed by atoms with van der Waals surface area (Å²) in [4.78, 5) is 32.0. The molecule has 0 aliphatic rings. The van der Waals surface area contributed by atoms with Gasteiger partial charge in [0.25, 0.3) is 11.5 Å². The third-order valence-corrected chi connectivity index (χ3v) is 4.71. The number of halogens is 1. The number of phenols is 1. The summed E-state index contributed by atoms with van der Waals surface area (Å²) in [6, 6.07) is 16.0. The first kappa shape index (κ1) is 23.1. The fraction of sp³-hybridized carbons (Fsp3) is 0.227. The lowest BCUT2D eigenvalue weighted by molar-refractivity contribution is -0.403. The van der Waals surface area contributed by atoms with Crippen LogP contribution in [0.1, 0.15) is 28.2 Å². The molecule has 0 unspecified atom stereocenters. The Kier molecular flexibility index (Phi) is 8.15. The van der Waals surface area contributed by atoms with Gasteiger partial charge in [-0.2, -0.15) is 0 Å². The number of carbonyl (C=O) groups excluding carboxylic acids is 1. The number of phenolic OH excluding ortho intramolecular Hbond substituents is 1. The van der Waals surface area contributed by atoms with Crippen molar-refractivity contribution >= 4 is 5.91 Å². The predicted octanol–water partition coefficient (Wildman–Crippen LogP) is -2.15. The third-order valence-electron chi connectivity index (χ3n) is 4.71. The van der Waals surface area contributed by atoms with Gasteiger partial charge in [0.15, 0.2) is 6.04 Å². The molecule has 0 saturated carbocycles. The van der Waals surface area contributed by atoms with E-state index in [1.54, 1.807) is 24.3 Å². The average Bonchev–Trinajstić information content (AvgIpc) is 2.71. The summed E-state index contributed by atoms with van der Waals surface area (Å²) in [7, 11) is 0. The van der Waals surface area contributed by atoms with Gasteiger partial charge >= 0.3 is 0 Å². The molecule has 158 valence electrons. The van der Waals surface area contributed by atoms with Crippen LogP contribution in [0.3, 0.4) is 0 Å². The molecule has 3 aromatic rings. The zero-order valence-electron chi connectivity index (χ0n) is 16.7. The monoisotopic (exact) mass is 428 g/mol. The van der Waals surface area contributed by atoms with Crippen LogP contribution in [0.5, 0.6) is 5.75 Å². The van der Waals surface area contributed by atoms with Crippen LogP contribution >= 0.6 is 0 Å². The van der Waals surface area contributed by atoms with Crippen molar-refractivity contribution in [2.24, 2.45) is 0 Å². The Morgan fingerprint density at radius 1 is 1.13 bits per heavy atom. The molecule has 0 aliphatic heterocycles. The van der Waals surface area contributed by atoms with E-state index in [1.165, 1.54) is 0 Å². The standard InChI is InChI=1S/C22H24N4O3.ClH/c1-14-19(12-15-5-3-2-4-6-15)26-22(29)20(25-14)13-24-21(28)18(23)11-16-7-9-17(27)10-8-16;/h2-10,18,27H,11-13,23H2,1H3,(H,24,28)(H,26,29);1H/t18-;/m1./s1. The van der Waals surface area contributed by atoms with Crippen molar-refractivity contribution in [2.75, 3.05) is 0 Å². The van der Waals surface area contributed by atoms with Crippen LogP contribution in [0.4, 0.5) is 0 Å². The lowest BCUT2D eigenvalue weighted by Crippen LogP contribution is -3.00. The molecule has 1 aromatic heterocycles. The van der Waals surface area contributed by atoms with Gasteiger partial charge in [-0.1, -0.05) is 42.5 Å². The van der Waals surface area contributed by atoms with Gasteiger partial charge in [0.05, 0.1) is 12.2 Å². The number of rotatable bonds is 7. The Bertz CT molecular complexity index is 1040. The van der Waals surface area contributed by atoms with E-state index in [9.17, 15) is 14.7 Å². The van der Waals surface area contributed by atoms with E-state index in [1.807, 2.05) is 37.3 Å². The number of H-pyrrole nitrogens is 1. The highest BCUT2D eigenvalue weighted by atomic mass is 35.5. The Balaban J connectivity index is 0.00000320. The number of aromatic hydroxyl groups is 1. The zero-order chi connectivity index (χ0) is 20.8. The number of aryl methyl sites for hydroxylation is 1. The van der Waals surface area contributed by atoms with Gasteiger partial charge in [-0.3, -0.25) is 9.59 Å². The lowest BCUT2D eigenvalue weighted by atomic mass is 10.1. The zero-order valence-corrected chi connectivity index (χ0v) is 17.4. The summed E-state index contributed by atoms with van der Waals surface area (Å²) in [6.07, 6.45) is 1.03. The number of aromatic nitrogens is 2. The molecule has 30 heavy (non-hydrogen) atoms. The van der Waals surface area contributed by atoms with Crippen LogP contribution < -0.4 is 29.0 Å². The van der Waals surface area contributed by atoms with Crippen LogP contribution in [0.2, 0.25) is 0 Å². The van der Waals surface area contributed by atoms with Gasteiger partial charge in [-0.15, -0.1) is 0 Å². The summed E-state index contributed by atoms with van der Waals surface area (Å²) >= 11 is 0. The number of carbonyl (C=O) groups is 1. The molecule has 7 nitrogen and oxygen atoms in total. The second-order valence-electron chi connectivity index (χ2n) is 7.02. The maximum Gasteiger partial charge on any atom is 0.278 e. The number of benzene rings is 2. The Hall–Kier alpha value is -3.16. The van der Waals surface area contributed by atoms with E-state index >= 15 is 0 Å². The molecule has 0 spiro atoms. The van der Waals surface area contributed by atoms with E-state index in [0.29, 0.717) is 12.8 Å². The lowest BCUT2D eigenvalue weighted by Gasteiger charge is -2.11. The van der Waals surface area contributed by atoms with Gasteiger partial charge in [-0.25, -0.2) is 4.98 Å². The first-order valence-corrected chi connectivity index (χ1v) is 9.43. The van der Waals surface area contributed by atoms with Gasteiger partial charge < -0.3 is 33.5 Å². The van der Waals surface area contributed by atoms with Crippen molar-refractivity contribution < 1.29 is 28.0 Å². The molecule has 6 N–H and O–H groups in total. The minimum absolute atomic E-state index is 0. The summed E-state index contributed by atoms with van der Waals surface area (Å²) in [5, 5.41) is 12.1. The van der Waals surface area contributed by atoms with Gasteiger partial charge in [-0.05, 0) is 30.2 Å². The molecule has 0 bridgehead atoms. The number of hydrogen-bond donors (Lipinski definition) is 4. The van der Waals surface area contributed by atoms with Crippen molar-refractivity contribution in [2.45, 2.75) is 32.4 Å². The minimum Gasteiger partial charge on any atom is -1.00 e. The number of nitrogens with zero attached hydrogens (tertiary/aromatic N) is 1. The summed E-state index contributed by atoms with van der Waals surface area (Å²) < 4.78 is 0. The number of quaternary nitrogens is 1. The molecule has 1 atom stereocenters. The normalized spacial score (nSPS) is 11.4. The van der Waals surface area contributed by atoms with Crippen LogP contribution in [0.25, 0.3) is 0 Å². The van der Waals surface area contributed by atoms with Crippen molar-refractivity contribution in [3.8, 4) is 5.75 Å². The fourth-order valence-corrected chi connectivity index (χ4v) is 3.04. The quantitative estimate of drug-likeness (QED) is 0.342. The van der Waals surface area contributed by atoms with Crippen molar-refractivity contribution in [3.05, 3.63) is 93.2 Å². The molecule has 0 fully saturated rings. The largest absolute Gasteiger partial charge is 1.00 e. The van der Waals surface area contributed by atoms with Gasteiger partial charge in [0.2, 0.25) is 0 Å². The SMILES string of the molecule is Cc1nc(CNC(=O)[C@H]([NH3+])Cc2ccc(O)cc2)c(=O)[nH]c1Cc1ccccc1.[Cl-]. The number of amides is 1. The van der Waals surface area contributed by atoms with E-state index in [2.05, 4.69) is 21.0 Å². The maximum absolute atomic E-state index is 12.4. The minimum atomic E-state index is -0.517. The molecule has 0 aliphatic carbocycles. The highest BCUT2D eigenvalue weighted by molar-refractivity contribution is 5.80. The topological polar surface area (TPSA) is 123 Å². The molecule has 0 radical (unpaired) electrons. The molecule has 3 rings (SSSR count). The Labute approximate surface area is 180 Å².